The summed E-state index contributed by atoms with van der Waals surface area (Å²) < 4.78 is 0. The Kier molecular flexibility index (Phi) is 3.70. The molecule has 0 radical (unpaired) electrons. The van der Waals surface area contributed by atoms with Crippen molar-refractivity contribution in [2.45, 2.75) is 64.6 Å². The second-order valence-electron chi connectivity index (χ2n) is 6.41. The number of hydrogen-bond acceptors (Lipinski definition) is 4. The second kappa shape index (κ2) is 5.83. The number of aromatic nitrogens is 5. The first kappa shape index (κ1) is 13.9. The predicted molar refractivity (Wildman–Crippen MR) is 83.3 cm³/mol. The van der Waals surface area contributed by atoms with Crippen molar-refractivity contribution in [3.8, 4) is 0 Å². The van der Waals surface area contributed by atoms with Crippen LogP contribution in [0.3, 0.4) is 0 Å². The maximum Gasteiger partial charge on any atom is 0.124 e. The van der Waals surface area contributed by atoms with Crippen molar-refractivity contribution in [3.63, 3.8) is 0 Å². The lowest BCUT2D eigenvalue weighted by Gasteiger charge is -2.21. The zero-order chi connectivity index (χ0) is 14.9. The molecule has 1 saturated heterocycles. The number of hydrogen-bond donors (Lipinski definition) is 1. The molecule has 2 aliphatic rings. The van der Waals surface area contributed by atoms with Crippen molar-refractivity contribution >= 4 is 0 Å². The van der Waals surface area contributed by atoms with E-state index in [4.69, 9.17) is 4.98 Å². The van der Waals surface area contributed by atoms with Gasteiger partial charge in [-0.15, -0.1) is 0 Å². The first-order chi connectivity index (χ1) is 10.8. The van der Waals surface area contributed by atoms with Gasteiger partial charge in [-0.2, -0.15) is 15.0 Å². The molecule has 4 rings (SSSR count). The van der Waals surface area contributed by atoms with Gasteiger partial charge in [-0.25, -0.2) is 4.98 Å². The Morgan fingerprint density at radius 1 is 1.27 bits per heavy atom. The highest BCUT2D eigenvalue weighted by Gasteiger charge is 2.30. The molecule has 0 amide bonds. The van der Waals surface area contributed by atoms with E-state index >= 15 is 0 Å². The highest BCUT2D eigenvalue weighted by molar-refractivity contribution is 5.19. The van der Waals surface area contributed by atoms with E-state index in [9.17, 15) is 0 Å². The quantitative estimate of drug-likeness (QED) is 0.940. The van der Waals surface area contributed by atoms with Crippen LogP contribution in [0.1, 0.15) is 61.6 Å². The van der Waals surface area contributed by atoms with Gasteiger partial charge in [-0.05, 0) is 52.0 Å². The molecule has 1 unspecified atom stereocenters. The van der Waals surface area contributed by atoms with Gasteiger partial charge in [0.1, 0.15) is 5.82 Å². The Balaban J connectivity index is 1.51. The summed E-state index contributed by atoms with van der Waals surface area (Å²) in [6, 6.07) is 0.414. The molecule has 118 valence electrons. The van der Waals surface area contributed by atoms with Gasteiger partial charge in [0, 0.05) is 12.2 Å². The number of H-pyrrole nitrogens is 1. The van der Waals surface area contributed by atoms with Crippen LogP contribution in [0.15, 0.2) is 6.20 Å². The van der Waals surface area contributed by atoms with Gasteiger partial charge in [0.25, 0.3) is 0 Å². The highest BCUT2D eigenvalue weighted by atomic mass is 15.5. The van der Waals surface area contributed by atoms with Crippen molar-refractivity contribution in [2.24, 2.45) is 0 Å². The van der Waals surface area contributed by atoms with Crippen LogP contribution in [0.4, 0.5) is 0 Å². The molecule has 22 heavy (non-hydrogen) atoms. The van der Waals surface area contributed by atoms with Gasteiger partial charge in [0.2, 0.25) is 0 Å². The van der Waals surface area contributed by atoms with E-state index < -0.39 is 0 Å². The summed E-state index contributed by atoms with van der Waals surface area (Å²) >= 11 is 0. The first-order valence-corrected chi connectivity index (χ1v) is 8.54. The fraction of sp³-hybridized carbons (Fsp3) is 0.688. The summed E-state index contributed by atoms with van der Waals surface area (Å²) in [6.07, 6.45) is 9.20. The monoisotopic (exact) mass is 300 g/mol. The fourth-order valence-corrected chi connectivity index (χ4v) is 3.72. The minimum absolute atomic E-state index is 0.414. The van der Waals surface area contributed by atoms with E-state index in [1.807, 2.05) is 6.20 Å². The summed E-state index contributed by atoms with van der Waals surface area (Å²) in [7, 11) is 0. The zero-order valence-corrected chi connectivity index (χ0v) is 13.3. The van der Waals surface area contributed by atoms with E-state index in [-0.39, 0.29) is 0 Å². The van der Waals surface area contributed by atoms with Crippen LogP contribution in [0.5, 0.6) is 0 Å². The van der Waals surface area contributed by atoms with E-state index in [1.54, 1.807) is 4.80 Å². The molecule has 0 aromatic carbocycles. The normalized spacial score (nSPS) is 22.1. The maximum atomic E-state index is 4.91. The average molecular weight is 300 g/mol. The Hall–Kier alpha value is -1.69. The van der Waals surface area contributed by atoms with Gasteiger partial charge in [-0.1, -0.05) is 0 Å². The molecule has 0 spiro atoms. The largest absolute Gasteiger partial charge is 0.344 e. The summed E-state index contributed by atoms with van der Waals surface area (Å²) in [5, 5.41) is 8.80. The van der Waals surface area contributed by atoms with Gasteiger partial charge < -0.3 is 4.98 Å². The van der Waals surface area contributed by atoms with Crippen molar-refractivity contribution in [1.29, 1.82) is 0 Å². The summed E-state index contributed by atoms with van der Waals surface area (Å²) in [6.45, 7) is 4.88. The number of fused-ring (bicyclic) bond motifs is 1. The van der Waals surface area contributed by atoms with Crippen LogP contribution in [0.25, 0.3) is 0 Å². The van der Waals surface area contributed by atoms with Crippen LogP contribution >= 0.6 is 0 Å². The number of aryl methyl sites for hydroxylation is 3. The minimum Gasteiger partial charge on any atom is -0.344 e. The van der Waals surface area contributed by atoms with Crippen LogP contribution in [-0.2, 0) is 25.9 Å². The molecule has 0 saturated carbocycles. The molecule has 1 fully saturated rings. The lowest BCUT2D eigenvalue weighted by Crippen LogP contribution is -2.24. The van der Waals surface area contributed by atoms with Crippen LogP contribution in [0.2, 0.25) is 0 Å². The van der Waals surface area contributed by atoms with Crippen molar-refractivity contribution in [1.82, 2.24) is 29.9 Å². The molecular formula is C16H24N6. The predicted octanol–water partition coefficient (Wildman–Crippen LogP) is 2.24. The third kappa shape index (κ3) is 2.56. The second-order valence-corrected chi connectivity index (χ2v) is 6.41. The lowest BCUT2D eigenvalue weighted by atomic mass is 10.0. The third-order valence-electron chi connectivity index (χ3n) is 4.88. The molecule has 2 aromatic rings. The highest BCUT2D eigenvalue weighted by Crippen LogP contribution is 2.33. The standard InChI is InChI=1S/C16H24N6/c1-2-22-17-10-12(20-22)11-21-9-5-8-15(21)16-18-13-6-3-4-7-14(13)19-16/h10,15H,2-9,11H2,1H3,(H,18,19). The Bertz CT molecular complexity index is 619. The first-order valence-electron chi connectivity index (χ1n) is 8.54. The number of rotatable bonds is 4. The SMILES string of the molecule is CCn1ncc(CN2CCCC2c2nc3c([nH]2)CCCC3)n1. The third-order valence-corrected chi connectivity index (χ3v) is 4.88. The van der Waals surface area contributed by atoms with E-state index in [0.717, 1.165) is 31.7 Å². The van der Waals surface area contributed by atoms with Crippen molar-refractivity contribution in [3.05, 3.63) is 29.1 Å². The topological polar surface area (TPSA) is 62.6 Å². The molecule has 1 aliphatic heterocycles. The summed E-state index contributed by atoms with van der Waals surface area (Å²) in [5.41, 5.74) is 3.75. The Morgan fingerprint density at radius 2 is 2.18 bits per heavy atom. The average Bonchev–Trinajstić information content (AvgIpc) is 3.25. The molecule has 6 heteroatoms. The van der Waals surface area contributed by atoms with Gasteiger partial charge >= 0.3 is 0 Å². The summed E-state index contributed by atoms with van der Waals surface area (Å²) in [5.74, 6) is 1.17. The number of likely N-dealkylation sites (tertiary alicyclic amines) is 1. The van der Waals surface area contributed by atoms with E-state index in [0.29, 0.717) is 6.04 Å². The van der Waals surface area contributed by atoms with Gasteiger partial charge in [0.15, 0.2) is 0 Å². The molecular weight excluding hydrogens is 276 g/mol. The van der Waals surface area contributed by atoms with Gasteiger partial charge in [0.05, 0.1) is 30.2 Å². The molecule has 1 atom stereocenters. The van der Waals surface area contributed by atoms with Crippen LogP contribution < -0.4 is 0 Å². The molecule has 1 N–H and O–H groups in total. The number of imidazole rings is 1. The Labute approximate surface area is 130 Å². The Morgan fingerprint density at radius 3 is 3.00 bits per heavy atom. The number of nitrogens with zero attached hydrogens (tertiary/aromatic N) is 5. The van der Waals surface area contributed by atoms with Gasteiger partial charge in [-0.3, -0.25) is 4.90 Å². The maximum absolute atomic E-state index is 4.91. The van der Waals surface area contributed by atoms with Crippen LogP contribution in [-0.4, -0.2) is 36.4 Å². The van der Waals surface area contributed by atoms with E-state index in [1.165, 1.54) is 49.3 Å². The number of nitrogens with one attached hydrogen (secondary N) is 1. The van der Waals surface area contributed by atoms with Crippen LogP contribution in [0, 0.1) is 0 Å². The lowest BCUT2D eigenvalue weighted by molar-refractivity contribution is 0.237. The molecule has 1 aliphatic carbocycles. The van der Waals surface area contributed by atoms with Crippen molar-refractivity contribution in [2.75, 3.05) is 6.54 Å². The molecule has 3 heterocycles. The molecule has 0 bridgehead atoms. The zero-order valence-electron chi connectivity index (χ0n) is 13.3. The molecule has 6 nitrogen and oxygen atoms in total. The minimum atomic E-state index is 0.414. The fourth-order valence-electron chi connectivity index (χ4n) is 3.72. The van der Waals surface area contributed by atoms with E-state index in [2.05, 4.69) is 27.0 Å². The summed E-state index contributed by atoms with van der Waals surface area (Å²) in [4.78, 5) is 12.8. The smallest absolute Gasteiger partial charge is 0.124 e. The molecule has 2 aromatic heterocycles. The number of aromatic amines is 1. The van der Waals surface area contributed by atoms with Crippen molar-refractivity contribution < 1.29 is 0 Å².